The fraction of sp³-hybridized carbons (Fsp3) is 0.806. The van der Waals surface area contributed by atoms with Crippen LogP contribution in [0.2, 0.25) is 0 Å². The maximum atomic E-state index is 13.3. The largest absolute Gasteiger partial charge is 0.378 e. The Hall–Kier alpha value is -1.55. The molecule has 0 heterocycles. The van der Waals surface area contributed by atoms with Gasteiger partial charge in [-0.15, -0.1) is 0 Å². The third kappa shape index (κ3) is 14.9. The zero-order chi connectivity index (χ0) is 29.7. The fourth-order valence-electron chi connectivity index (χ4n) is 6.01. The Labute approximate surface area is 249 Å². The predicted molar refractivity (Wildman–Crippen MR) is 178 cm³/mol. The molecule has 0 radical (unpaired) electrons. The van der Waals surface area contributed by atoms with Crippen LogP contribution in [-0.4, -0.2) is 31.1 Å². The lowest BCUT2D eigenvalue weighted by Crippen LogP contribution is -2.66. The second-order valence-electron chi connectivity index (χ2n) is 13.2. The second-order valence-corrected chi connectivity index (χ2v) is 13.2. The number of carbonyl (C=O) groups is 1. The summed E-state index contributed by atoms with van der Waals surface area (Å²) in [5.74, 6) is -0.0142. The van der Waals surface area contributed by atoms with Gasteiger partial charge in [0.15, 0.2) is 0 Å². The van der Waals surface area contributed by atoms with Gasteiger partial charge in [0.25, 0.3) is 5.91 Å². The van der Waals surface area contributed by atoms with E-state index in [0.717, 1.165) is 31.4 Å². The average molecular weight is 558 g/mol. The summed E-state index contributed by atoms with van der Waals surface area (Å²) in [7, 11) is 4.02. The molecule has 0 saturated carbocycles. The van der Waals surface area contributed by atoms with Crippen LogP contribution in [0.1, 0.15) is 173 Å². The minimum Gasteiger partial charge on any atom is -0.378 e. The standard InChI is InChI=1S/C36H67N3O/c1-7-9-10-11-12-13-14-15-16-17-18-19-20-21-22-23-24-25-31-36(30-8-2,35(3,4)37)38-34(40)32-26-28-33(29-27-32)39(5)6/h26-29H,7-25,30-31,37H2,1-6H3,(H,38,40). The van der Waals surface area contributed by atoms with E-state index in [-0.39, 0.29) is 5.91 Å². The monoisotopic (exact) mass is 558 g/mol. The van der Waals surface area contributed by atoms with Crippen LogP contribution in [0.5, 0.6) is 0 Å². The molecule has 1 unspecified atom stereocenters. The van der Waals surface area contributed by atoms with E-state index >= 15 is 0 Å². The van der Waals surface area contributed by atoms with E-state index in [1.54, 1.807) is 0 Å². The minimum atomic E-state index is -0.489. The number of nitrogens with two attached hydrogens (primary N) is 1. The summed E-state index contributed by atoms with van der Waals surface area (Å²) < 4.78 is 0. The number of nitrogens with zero attached hydrogens (tertiary/aromatic N) is 1. The Bertz CT molecular complexity index is 752. The molecule has 1 aromatic rings. The van der Waals surface area contributed by atoms with E-state index in [1.165, 1.54) is 109 Å². The molecule has 0 aliphatic carbocycles. The van der Waals surface area contributed by atoms with E-state index in [2.05, 4.69) is 33.0 Å². The van der Waals surface area contributed by atoms with Crippen molar-refractivity contribution in [2.75, 3.05) is 19.0 Å². The molecule has 1 rings (SSSR count). The van der Waals surface area contributed by atoms with Crippen molar-refractivity contribution in [3.63, 3.8) is 0 Å². The zero-order valence-corrected chi connectivity index (χ0v) is 27.6. The molecule has 3 N–H and O–H groups in total. The van der Waals surface area contributed by atoms with Crippen molar-refractivity contribution in [3.8, 4) is 0 Å². The molecule has 0 aromatic heterocycles. The lowest BCUT2D eigenvalue weighted by Gasteiger charge is -2.46. The molecule has 40 heavy (non-hydrogen) atoms. The van der Waals surface area contributed by atoms with E-state index in [1.807, 2.05) is 43.3 Å². The van der Waals surface area contributed by atoms with Crippen molar-refractivity contribution in [2.24, 2.45) is 5.73 Å². The van der Waals surface area contributed by atoms with E-state index in [9.17, 15) is 4.79 Å². The number of unbranched alkanes of at least 4 members (excludes halogenated alkanes) is 17. The number of amides is 1. The third-order valence-electron chi connectivity index (χ3n) is 8.87. The van der Waals surface area contributed by atoms with Crippen molar-refractivity contribution in [1.82, 2.24) is 5.32 Å². The van der Waals surface area contributed by atoms with Crippen molar-refractivity contribution >= 4 is 11.6 Å². The van der Waals surface area contributed by atoms with Gasteiger partial charge in [-0.25, -0.2) is 0 Å². The first-order valence-electron chi connectivity index (χ1n) is 17.1. The van der Waals surface area contributed by atoms with Gasteiger partial charge in [0.05, 0.1) is 5.54 Å². The highest BCUT2D eigenvalue weighted by molar-refractivity contribution is 5.95. The number of hydrogen-bond donors (Lipinski definition) is 2. The highest BCUT2D eigenvalue weighted by Gasteiger charge is 2.42. The number of hydrogen-bond acceptors (Lipinski definition) is 3. The molecule has 1 aromatic carbocycles. The van der Waals surface area contributed by atoms with Gasteiger partial charge in [-0.2, -0.15) is 0 Å². The summed E-state index contributed by atoms with van der Waals surface area (Å²) in [4.78, 5) is 15.3. The first kappa shape index (κ1) is 36.5. The smallest absolute Gasteiger partial charge is 0.251 e. The average Bonchev–Trinajstić information content (AvgIpc) is 2.91. The molecule has 0 saturated heterocycles. The first-order valence-corrected chi connectivity index (χ1v) is 17.1. The quantitative estimate of drug-likeness (QED) is 0.118. The van der Waals surface area contributed by atoms with E-state index < -0.39 is 11.1 Å². The van der Waals surface area contributed by atoms with Gasteiger partial charge in [-0.3, -0.25) is 4.79 Å². The van der Waals surface area contributed by atoms with Gasteiger partial charge in [-0.1, -0.05) is 136 Å². The molecule has 1 amide bonds. The lowest BCUT2D eigenvalue weighted by atomic mass is 9.73. The normalized spacial score (nSPS) is 13.3. The Morgan fingerprint density at radius 1 is 0.650 bits per heavy atom. The number of benzene rings is 1. The van der Waals surface area contributed by atoms with Gasteiger partial charge in [0.2, 0.25) is 0 Å². The van der Waals surface area contributed by atoms with Crippen LogP contribution in [0.3, 0.4) is 0 Å². The predicted octanol–water partition coefficient (Wildman–Crippen LogP) is 10.2. The van der Waals surface area contributed by atoms with Crippen LogP contribution in [-0.2, 0) is 0 Å². The molecule has 0 aliphatic rings. The van der Waals surface area contributed by atoms with E-state index in [0.29, 0.717) is 5.56 Å². The SMILES string of the molecule is CCCCCCCCCCCCCCCCCCCCC(CCC)(NC(=O)c1ccc(N(C)C)cc1)C(C)(C)N. The molecule has 0 spiro atoms. The van der Waals surface area contributed by atoms with Crippen LogP contribution in [0.4, 0.5) is 5.69 Å². The molecular formula is C36H67N3O. The Morgan fingerprint density at radius 2 is 1.05 bits per heavy atom. The Morgan fingerprint density at radius 3 is 1.40 bits per heavy atom. The Balaban J connectivity index is 2.27. The minimum absolute atomic E-state index is 0.0142. The van der Waals surface area contributed by atoms with Crippen LogP contribution in [0.15, 0.2) is 24.3 Å². The van der Waals surface area contributed by atoms with Crippen LogP contribution in [0.25, 0.3) is 0 Å². The summed E-state index contributed by atoms with van der Waals surface area (Å²) in [5, 5.41) is 3.42. The van der Waals surface area contributed by atoms with Crippen molar-refractivity contribution in [3.05, 3.63) is 29.8 Å². The highest BCUT2D eigenvalue weighted by atomic mass is 16.1. The molecule has 0 aliphatic heterocycles. The number of rotatable bonds is 25. The summed E-state index contributed by atoms with van der Waals surface area (Å²) >= 11 is 0. The van der Waals surface area contributed by atoms with Gasteiger partial charge in [-0.05, 0) is 51.0 Å². The number of nitrogens with one attached hydrogen (secondary N) is 1. The van der Waals surface area contributed by atoms with Gasteiger partial charge < -0.3 is 16.0 Å². The lowest BCUT2D eigenvalue weighted by molar-refractivity contribution is 0.0806. The number of anilines is 1. The summed E-state index contributed by atoms with van der Waals surface area (Å²) in [6.07, 6.45) is 27.6. The molecule has 0 bridgehead atoms. The third-order valence-corrected chi connectivity index (χ3v) is 8.87. The van der Waals surface area contributed by atoms with Crippen molar-refractivity contribution < 1.29 is 4.79 Å². The maximum Gasteiger partial charge on any atom is 0.251 e. The van der Waals surface area contributed by atoms with Crippen LogP contribution < -0.4 is 16.0 Å². The summed E-state index contributed by atoms with van der Waals surface area (Å²) in [5.41, 5.74) is 7.66. The fourth-order valence-corrected chi connectivity index (χ4v) is 6.01. The van der Waals surface area contributed by atoms with Crippen LogP contribution in [0, 0.1) is 0 Å². The molecule has 0 fully saturated rings. The van der Waals surface area contributed by atoms with Crippen molar-refractivity contribution in [2.45, 2.75) is 174 Å². The second kappa shape index (κ2) is 21.2. The summed E-state index contributed by atoms with van der Waals surface area (Å²) in [6, 6.07) is 7.84. The molecular weight excluding hydrogens is 490 g/mol. The zero-order valence-electron chi connectivity index (χ0n) is 27.6. The Kier molecular flexibility index (Phi) is 19.3. The van der Waals surface area contributed by atoms with E-state index in [4.69, 9.17) is 5.73 Å². The first-order chi connectivity index (χ1) is 19.2. The van der Waals surface area contributed by atoms with Crippen LogP contribution >= 0.6 is 0 Å². The van der Waals surface area contributed by atoms with Gasteiger partial charge in [0.1, 0.15) is 0 Å². The molecule has 4 nitrogen and oxygen atoms in total. The summed E-state index contributed by atoms with van der Waals surface area (Å²) in [6.45, 7) is 8.63. The van der Waals surface area contributed by atoms with Gasteiger partial charge in [0, 0.05) is 30.9 Å². The molecule has 1 atom stereocenters. The molecule has 232 valence electrons. The number of carbonyl (C=O) groups excluding carboxylic acids is 1. The van der Waals surface area contributed by atoms with Gasteiger partial charge >= 0.3 is 0 Å². The topological polar surface area (TPSA) is 58.4 Å². The molecule has 4 heteroatoms. The maximum absolute atomic E-state index is 13.3. The van der Waals surface area contributed by atoms with Crippen molar-refractivity contribution in [1.29, 1.82) is 0 Å². The highest BCUT2D eigenvalue weighted by Crippen LogP contribution is 2.32.